The monoisotopic (exact) mass is 405 g/mol. The number of nitrogens with one attached hydrogen (secondary N) is 1. The molecule has 4 aromatic rings. The van der Waals surface area contributed by atoms with Crippen molar-refractivity contribution in [3.8, 4) is 17.0 Å². The van der Waals surface area contributed by atoms with Crippen LogP contribution in [0.1, 0.15) is 16.1 Å². The second-order valence-corrected chi connectivity index (χ2v) is 6.78. The highest BCUT2D eigenvalue weighted by Crippen LogP contribution is 2.23. The Morgan fingerprint density at radius 2 is 1.93 bits per heavy atom. The van der Waals surface area contributed by atoms with Crippen LogP contribution in [0, 0.1) is 0 Å². The molecular weight excluding hydrogens is 392 g/mol. The molecule has 7 heteroatoms. The van der Waals surface area contributed by atoms with Gasteiger partial charge in [0.25, 0.3) is 5.56 Å². The van der Waals surface area contributed by atoms with E-state index in [1.165, 1.54) is 16.8 Å². The molecule has 0 atom stereocenters. The van der Waals surface area contributed by atoms with Gasteiger partial charge < -0.3 is 14.3 Å². The van der Waals surface area contributed by atoms with Gasteiger partial charge in [-0.15, -0.1) is 0 Å². The third kappa shape index (κ3) is 3.66. The summed E-state index contributed by atoms with van der Waals surface area (Å²) < 4.78 is 7.13. The number of aromatic nitrogens is 2. The van der Waals surface area contributed by atoms with Crippen molar-refractivity contribution in [2.24, 2.45) is 0 Å². The van der Waals surface area contributed by atoms with E-state index in [0.29, 0.717) is 38.4 Å². The van der Waals surface area contributed by atoms with E-state index in [4.69, 9.17) is 16.0 Å². The Labute approximate surface area is 169 Å². The van der Waals surface area contributed by atoms with Crippen molar-refractivity contribution in [3.63, 3.8) is 0 Å². The number of hydrogen-bond acceptors (Lipinski definition) is 4. The SMILES string of the molecule is C=c1[nH]n(-c2cccc(Cl)c2)c(=O)/c1=C\c1ccc(-c2cccc(C(=O)[O-])c2)o1. The van der Waals surface area contributed by atoms with Crippen LogP contribution in [0.15, 0.2) is 69.9 Å². The first-order valence-electron chi connectivity index (χ1n) is 8.61. The van der Waals surface area contributed by atoms with Crippen molar-refractivity contribution in [1.82, 2.24) is 9.78 Å². The second-order valence-electron chi connectivity index (χ2n) is 6.34. The smallest absolute Gasteiger partial charge is 0.279 e. The van der Waals surface area contributed by atoms with Crippen molar-refractivity contribution < 1.29 is 14.3 Å². The zero-order valence-electron chi connectivity index (χ0n) is 15.0. The molecule has 0 fully saturated rings. The first kappa shape index (κ1) is 18.6. The van der Waals surface area contributed by atoms with E-state index in [1.807, 2.05) is 0 Å². The second kappa shape index (κ2) is 7.33. The van der Waals surface area contributed by atoms with Crippen LogP contribution in [0.2, 0.25) is 5.02 Å². The van der Waals surface area contributed by atoms with Crippen LogP contribution in [0.4, 0.5) is 0 Å². The van der Waals surface area contributed by atoms with Crippen LogP contribution in [0.5, 0.6) is 0 Å². The van der Waals surface area contributed by atoms with Crippen molar-refractivity contribution >= 4 is 30.2 Å². The lowest BCUT2D eigenvalue weighted by Gasteiger charge is -2.03. The fourth-order valence-corrected chi connectivity index (χ4v) is 3.15. The number of H-pyrrole nitrogens is 1. The predicted molar refractivity (Wildman–Crippen MR) is 108 cm³/mol. The Morgan fingerprint density at radius 1 is 1.14 bits per heavy atom. The lowest BCUT2D eigenvalue weighted by Crippen LogP contribution is -2.33. The van der Waals surface area contributed by atoms with Gasteiger partial charge in [-0.1, -0.05) is 42.4 Å². The first-order chi connectivity index (χ1) is 13.9. The Balaban J connectivity index is 1.75. The van der Waals surface area contributed by atoms with Gasteiger partial charge in [-0.25, -0.2) is 4.68 Å². The summed E-state index contributed by atoms with van der Waals surface area (Å²) in [6.45, 7) is 3.89. The van der Waals surface area contributed by atoms with E-state index >= 15 is 0 Å². The van der Waals surface area contributed by atoms with Crippen LogP contribution in [0.25, 0.3) is 29.7 Å². The summed E-state index contributed by atoms with van der Waals surface area (Å²) in [5, 5.41) is 15.2. The predicted octanol–water partition coefficient (Wildman–Crippen LogP) is 1.68. The van der Waals surface area contributed by atoms with Gasteiger partial charge >= 0.3 is 0 Å². The number of carboxylic acids is 1. The Kier molecular flexibility index (Phi) is 4.70. The molecule has 2 aromatic carbocycles. The molecule has 2 heterocycles. The fraction of sp³-hybridized carbons (Fsp3) is 0. The number of nitrogens with zero attached hydrogens (tertiary/aromatic N) is 1. The molecule has 0 aliphatic heterocycles. The largest absolute Gasteiger partial charge is 0.545 e. The molecule has 0 radical (unpaired) electrons. The minimum absolute atomic E-state index is 0.0551. The number of carbonyl (C=O) groups excluding carboxylic acids is 1. The average molecular weight is 406 g/mol. The zero-order chi connectivity index (χ0) is 20.5. The highest BCUT2D eigenvalue weighted by atomic mass is 35.5. The highest BCUT2D eigenvalue weighted by molar-refractivity contribution is 6.30. The van der Waals surface area contributed by atoms with Gasteiger partial charge in [-0.05, 0) is 48.0 Å². The number of furan rings is 1. The van der Waals surface area contributed by atoms with Crippen LogP contribution < -0.4 is 21.2 Å². The number of benzene rings is 2. The summed E-state index contributed by atoms with van der Waals surface area (Å²) in [6.07, 6.45) is 1.58. The molecule has 1 N–H and O–H groups in total. The molecule has 0 saturated carbocycles. The number of hydrogen-bond donors (Lipinski definition) is 1. The van der Waals surface area contributed by atoms with Gasteiger partial charge in [-0.3, -0.25) is 9.89 Å². The molecule has 0 bridgehead atoms. The topological polar surface area (TPSA) is 91.1 Å². The van der Waals surface area contributed by atoms with Gasteiger partial charge in [0.05, 0.1) is 22.2 Å². The number of rotatable bonds is 4. The van der Waals surface area contributed by atoms with Crippen molar-refractivity contribution in [2.75, 3.05) is 0 Å². The van der Waals surface area contributed by atoms with Crippen molar-refractivity contribution in [1.29, 1.82) is 0 Å². The molecule has 0 amide bonds. The number of aromatic amines is 1. The summed E-state index contributed by atoms with van der Waals surface area (Å²) in [7, 11) is 0. The van der Waals surface area contributed by atoms with E-state index in [-0.39, 0.29) is 11.1 Å². The third-order valence-electron chi connectivity index (χ3n) is 4.37. The van der Waals surface area contributed by atoms with E-state index in [1.54, 1.807) is 54.6 Å². The van der Waals surface area contributed by atoms with Crippen molar-refractivity contribution in [3.05, 3.63) is 97.9 Å². The summed E-state index contributed by atoms with van der Waals surface area (Å²) in [5.74, 6) is -0.366. The molecule has 144 valence electrons. The molecule has 4 rings (SSSR count). The minimum atomic E-state index is -1.26. The lowest BCUT2D eigenvalue weighted by molar-refractivity contribution is -0.255. The van der Waals surface area contributed by atoms with Gasteiger partial charge in [0, 0.05) is 10.6 Å². The quantitative estimate of drug-likeness (QED) is 0.559. The maximum absolute atomic E-state index is 12.8. The molecule has 0 spiro atoms. The number of halogens is 1. The van der Waals surface area contributed by atoms with Gasteiger partial charge in [-0.2, -0.15) is 0 Å². The maximum Gasteiger partial charge on any atom is 0.279 e. The maximum atomic E-state index is 12.8. The summed E-state index contributed by atoms with van der Waals surface area (Å²) in [4.78, 5) is 23.8. The number of carboxylic acid groups (broad SMARTS) is 1. The lowest BCUT2D eigenvalue weighted by atomic mass is 10.1. The summed E-state index contributed by atoms with van der Waals surface area (Å²) in [6, 6.07) is 16.5. The molecule has 0 unspecified atom stereocenters. The van der Waals surface area contributed by atoms with E-state index in [2.05, 4.69) is 11.7 Å². The van der Waals surface area contributed by atoms with Crippen LogP contribution in [-0.2, 0) is 0 Å². The van der Waals surface area contributed by atoms with Gasteiger partial charge in [0.15, 0.2) is 0 Å². The third-order valence-corrected chi connectivity index (χ3v) is 4.60. The first-order valence-corrected chi connectivity index (χ1v) is 8.99. The number of carbonyl (C=O) groups is 1. The number of aromatic carboxylic acids is 1. The molecule has 6 nitrogen and oxygen atoms in total. The van der Waals surface area contributed by atoms with E-state index < -0.39 is 5.97 Å². The van der Waals surface area contributed by atoms with Crippen LogP contribution >= 0.6 is 11.6 Å². The standard InChI is InChI=1S/C22H15ClN2O4/c1-13-19(21(26)25(24-13)17-7-3-6-16(23)11-17)12-18-8-9-20(29-18)14-4-2-5-15(10-14)22(27)28/h2-12,24H,1H2,(H,27,28)/p-1/b19-12-. The highest BCUT2D eigenvalue weighted by Gasteiger charge is 2.08. The fourth-order valence-electron chi connectivity index (χ4n) is 2.97. The van der Waals surface area contributed by atoms with E-state index in [0.717, 1.165) is 0 Å². The Hall–Kier alpha value is -3.77. The van der Waals surface area contributed by atoms with Crippen LogP contribution in [0.3, 0.4) is 0 Å². The zero-order valence-corrected chi connectivity index (χ0v) is 15.8. The molecule has 29 heavy (non-hydrogen) atoms. The summed E-state index contributed by atoms with van der Waals surface area (Å²) in [5.41, 5.74) is 0.937. The molecule has 0 aliphatic carbocycles. The Bertz CT molecular complexity index is 1390. The summed E-state index contributed by atoms with van der Waals surface area (Å²) >= 11 is 6.01. The molecule has 0 aliphatic rings. The molecular formula is C22H14ClN2O4-. The van der Waals surface area contributed by atoms with E-state index in [9.17, 15) is 14.7 Å². The minimum Gasteiger partial charge on any atom is -0.545 e. The normalized spacial score (nSPS) is 11.7. The van der Waals surface area contributed by atoms with Crippen molar-refractivity contribution in [2.45, 2.75) is 0 Å². The Morgan fingerprint density at radius 3 is 2.69 bits per heavy atom. The average Bonchev–Trinajstić information content (AvgIpc) is 3.28. The van der Waals surface area contributed by atoms with Gasteiger partial charge in [0.2, 0.25) is 0 Å². The van der Waals surface area contributed by atoms with Crippen LogP contribution in [-0.4, -0.2) is 15.7 Å². The molecule has 0 saturated heterocycles. The molecule has 2 aromatic heterocycles. The van der Waals surface area contributed by atoms with Gasteiger partial charge in [0.1, 0.15) is 11.5 Å².